The van der Waals surface area contributed by atoms with Crippen molar-refractivity contribution in [2.75, 3.05) is 0 Å². The minimum absolute atomic E-state index is 0.742. The molecule has 0 aromatic heterocycles. The van der Waals surface area contributed by atoms with E-state index in [0.717, 1.165) is 11.4 Å². The summed E-state index contributed by atoms with van der Waals surface area (Å²) in [4.78, 5) is 4.08. The Morgan fingerprint density at radius 2 is 2.36 bits per heavy atom. The van der Waals surface area contributed by atoms with E-state index in [2.05, 4.69) is 4.99 Å². The van der Waals surface area contributed by atoms with Gasteiger partial charge in [0.15, 0.2) is 0 Å². The van der Waals surface area contributed by atoms with Crippen molar-refractivity contribution in [1.29, 1.82) is 0 Å². The Kier molecular flexibility index (Phi) is 2.26. The molecular formula is C9H12N2. The van der Waals surface area contributed by atoms with Crippen LogP contribution >= 0.6 is 0 Å². The highest BCUT2D eigenvalue weighted by Crippen LogP contribution is 2.12. The lowest BCUT2D eigenvalue weighted by Gasteiger charge is -1.95. The summed E-state index contributed by atoms with van der Waals surface area (Å²) in [6, 6.07) is 0. The predicted molar refractivity (Wildman–Crippen MR) is 48.3 cm³/mol. The first-order valence-electron chi connectivity index (χ1n) is 3.59. The lowest BCUT2D eigenvalue weighted by Crippen LogP contribution is -1.95. The van der Waals surface area contributed by atoms with Gasteiger partial charge in [-0.05, 0) is 26.0 Å². The van der Waals surface area contributed by atoms with Crippen LogP contribution in [0.5, 0.6) is 0 Å². The van der Waals surface area contributed by atoms with E-state index >= 15 is 0 Å². The van der Waals surface area contributed by atoms with Crippen molar-refractivity contribution >= 4 is 6.21 Å². The molecule has 0 aromatic carbocycles. The number of hydrogen-bond donors (Lipinski definition) is 1. The highest BCUT2D eigenvalue weighted by molar-refractivity contribution is 5.79. The molecule has 0 aliphatic carbocycles. The van der Waals surface area contributed by atoms with E-state index in [1.165, 1.54) is 5.57 Å². The van der Waals surface area contributed by atoms with Crippen LogP contribution in [-0.2, 0) is 0 Å². The van der Waals surface area contributed by atoms with Crippen LogP contribution < -0.4 is 5.73 Å². The maximum absolute atomic E-state index is 5.62. The fourth-order valence-corrected chi connectivity index (χ4v) is 0.777. The first-order chi connectivity index (χ1) is 5.24. The van der Waals surface area contributed by atoms with E-state index in [4.69, 9.17) is 5.73 Å². The van der Waals surface area contributed by atoms with Crippen molar-refractivity contribution in [3.05, 3.63) is 35.2 Å². The van der Waals surface area contributed by atoms with Crippen LogP contribution in [0.3, 0.4) is 0 Å². The Labute approximate surface area is 66.8 Å². The highest BCUT2D eigenvalue weighted by atomic mass is 14.8. The molecule has 0 atom stereocenters. The van der Waals surface area contributed by atoms with E-state index in [9.17, 15) is 0 Å². The Morgan fingerprint density at radius 3 is 2.82 bits per heavy atom. The molecule has 0 spiro atoms. The van der Waals surface area contributed by atoms with Crippen LogP contribution in [0.1, 0.15) is 13.8 Å². The second-order valence-electron chi connectivity index (χ2n) is 2.46. The first kappa shape index (κ1) is 7.79. The maximum Gasteiger partial charge on any atom is 0.0861 e. The van der Waals surface area contributed by atoms with Gasteiger partial charge in [-0.15, -0.1) is 0 Å². The van der Waals surface area contributed by atoms with Crippen molar-refractivity contribution < 1.29 is 0 Å². The first-order valence-corrected chi connectivity index (χ1v) is 3.59. The number of aliphatic imine (C=N–C) groups is 1. The molecule has 0 aromatic rings. The molecule has 0 saturated carbocycles. The van der Waals surface area contributed by atoms with Gasteiger partial charge in [-0.1, -0.05) is 11.6 Å². The van der Waals surface area contributed by atoms with Crippen LogP contribution in [0.2, 0.25) is 0 Å². The third kappa shape index (κ3) is 1.80. The summed E-state index contributed by atoms with van der Waals surface area (Å²) in [7, 11) is 0. The molecule has 0 bridgehead atoms. The van der Waals surface area contributed by atoms with Gasteiger partial charge in [-0.25, -0.2) is 0 Å². The van der Waals surface area contributed by atoms with Crippen LogP contribution in [0.4, 0.5) is 0 Å². The van der Waals surface area contributed by atoms with Gasteiger partial charge in [0.1, 0.15) is 0 Å². The summed E-state index contributed by atoms with van der Waals surface area (Å²) in [5, 5.41) is 0. The average Bonchev–Trinajstić information content (AvgIpc) is 2.37. The molecule has 58 valence electrons. The smallest absolute Gasteiger partial charge is 0.0861 e. The molecule has 2 N–H and O–H groups in total. The largest absolute Gasteiger partial charge is 0.397 e. The Bertz CT molecular complexity index is 267. The van der Waals surface area contributed by atoms with Crippen molar-refractivity contribution in [3.8, 4) is 0 Å². The predicted octanol–water partition coefficient (Wildman–Crippen LogP) is 1.76. The second-order valence-corrected chi connectivity index (χ2v) is 2.46. The van der Waals surface area contributed by atoms with Crippen molar-refractivity contribution in [1.82, 2.24) is 0 Å². The monoisotopic (exact) mass is 148 g/mol. The third-order valence-electron chi connectivity index (χ3n) is 1.58. The minimum atomic E-state index is 0.742. The molecule has 1 heterocycles. The quantitative estimate of drug-likeness (QED) is 0.604. The Hall–Kier alpha value is -1.31. The zero-order valence-electron chi connectivity index (χ0n) is 6.83. The van der Waals surface area contributed by atoms with Crippen LogP contribution in [0.15, 0.2) is 40.2 Å². The summed E-state index contributed by atoms with van der Waals surface area (Å²) in [6.45, 7) is 4.01. The zero-order valence-corrected chi connectivity index (χ0v) is 6.83. The Morgan fingerprint density at radius 1 is 1.64 bits per heavy atom. The summed E-state index contributed by atoms with van der Waals surface area (Å²) < 4.78 is 0. The number of nitrogens with two attached hydrogens (primary N) is 1. The van der Waals surface area contributed by atoms with Gasteiger partial charge in [0.05, 0.1) is 11.4 Å². The molecule has 2 nitrogen and oxygen atoms in total. The van der Waals surface area contributed by atoms with E-state index in [1.807, 2.05) is 26.0 Å². The van der Waals surface area contributed by atoms with Crippen LogP contribution in [0.25, 0.3) is 0 Å². The number of hydrogen-bond acceptors (Lipinski definition) is 2. The third-order valence-corrected chi connectivity index (χ3v) is 1.58. The fraction of sp³-hybridized carbons (Fsp3) is 0.222. The Balaban J connectivity index is 2.84. The maximum atomic E-state index is 5.62. The molecule has 11 heavy (non-hydrogen) atoms. The van der Waals surface area contributed by atoms with Gasteiger partial charge in [-0.2, -0.15) is 0 Å². The molecule has 1 aliphatic heterocycles. The lowest BCUT2D eigenvalue weighted by molar-refractivity contribution is 1.27. The van der Waals surface area contributed by atoms with Crippen LogP contribution in [0, 0.1) is 0 Å². The molecular weight excluding hydrogens is 136 g/mol. The highest BCUT2D eigenvalue weighted by Gasteiger charge is 2.01. The number of rotatable bonds is 1. The molecule has 0 amide bonds. The second kappa shape index (κ2) is 3.19. The fourth-order valence-electron chi connectivity index (χ4n) is 0.777. The van der Waals surface area contributed by atoms with Gasteiger partial charge >= 0.3 is 0 Å². The average molecular weight is 148 g/mol. The van der Waals surface area contributed by atoms with Crippen LogP contribution in [-0.4, -0.2) is 6.21 Å². The topological polar surface area (TPSA) is 38.4 Å². The van der Waals surface area contributed by atoms with E-state index < -0.39 is 0 Å². The molecule has 0 unspecified atom stereocenters. The molecule has 0 saturated heterocycles. The minimum Gasteiger partial charge on any atom is -0.397 e. The van der Waals surface area contributed by atoms with Crippen molar-refractivity contribution in [2.45, 2.75) is 13.8 Å². The van der Waals surface area contributed by atoms with Gasteiger partial charge < -0.3 is 5.73 Å². The van der Waals surface area contributed by atoms with E-state index in [0.29, 0.717) is 0 Å². The molecule has 0 radical (unpaired) electrons. The van der Waals surface area contributed by atoms with E-state index in [-0.39, 0.29) is 0 Å². The molecule has 2 heteroatoms. The summed E-state index contributed by atoms with van der Waals surface area (Å²) in [5.74, 6) is 0. The molecule has 0 fully saturated rings. The molecule has 1 aliphatic rings. The van der Waals surface area contributed by atoms with E-state index in [1.54, 1.807) is 12.3 Å². The lowest BCUT2D eigenvalue weighted by atomic mass is 10.2. The van der Waals surface area contributed by atoms with Gasteiger partial charge in [0.25, 0.3) is 0 Å². The summed E-state index contributed by atoms with van der Waals surface area (Å²) >= 11 is 0. The number of nitrogens with zero attached hydrogens (tertiary/aromatic N) is 1. The SMILES string of the molecule is C/C=C(C)\C=C1\N=CC=C1N. The zero-order chi connectivity index (χ0) is 8.27. The van der Waals surface area contributed by atoms with Crippen molar-refractivity contribution in [3.63, 3.8) is 0 Å². The van der Waals surface area contributed by atoms with Gasteiger partial charge in [0.2, 0.25) is 0 Å². The summed E-state index contributed by atoms with van der Waals surface area (Å²) in [6.07, 6.45) is 7.50. The summed E-state index contributed by atoms with van der Waals surface area (Å²) in [5.41, 5.74) is 8.40. The normalized spacial score (nSPS) is 21.1. The standard InChI is InChI=1S/C9H12N2/c1-3-7(2)6-9-8(10)4-5-11-9/h3-6H,10H2,1-2H3/b7-3-,9-6+. The molecule has 1 rings (SSSR count). The number of allylic oxidation sites excluding steroid dienone is 4. The van der Waals surface area contributed by atoms with Crippen molar-refractivity contribution in [2.24, 2.45) is 10.7 Å². The van der Waals surface area contributed by atoms with Gasteiger partial charge in [-0.3, -0.25) is 4.99 Å². The van der Waals surface area contributed by atoms with Gasteiger partial charge in [0, 0.05) is 6.21 Å².